The summed E-state index contributed by atoms with van der Waals surface area (Å²) in [5, 5.41) is 0.575. The maximum absolute atomic E-state index is 13.1. The first-order valence-corrected chi connectivity index (χ1v) is 8.76. The van der Waals surface area contributed by atoms with E-state index in [1.165, 1.54) is 4.90 Å². The molecular formula is C21H19ClN2O2. The fourth-order valence-corrected chi connectivity index (χ4v) is 3.19. The minimum Gasteiger partial charge on any atom is -0.337 e. The number of halogens is 1. The molecule has 26 heavy (non-hydrogen) atoms. The molecule has 0 aromatic heterocycles. The second-order valence-electron chi connectivity index (χ2n) is 5.82. The predicted octanol–water partition coefficient (Wildman–Crippen LogP) is 4.13. The van der Waals surface area contributed by atoms with Crippen LogP contribution >= 0.6 is 11.6 Å². The van der Waals surface area contributed by atoms with Crippen LogP contribution in [0.25, 0.3) is 5.57 Å². The van der Waals surface area contributed by atoms with Crippen molar-refractivity contribution in [3.63, 3.8) is 0 Å². The lowest BCUT2D eigenvalue weighted by molar-refractivity contribution is -0.136. The Balaban J connectivity index is 2.19. The van der Waals surface area contributed by atoms with Crippen molar-refractivity contribution >= 4 is 34.7 Å². The molecule has 2 amide bonds. The number of rotatable bonds is 6. The number of likely N-dealkylation sites (N-methyl/N-ethyl adjacent to an activating group) is 1. The highest BCUT2D eigenvalue weighted by Crippen LogP contribution is 2.34. The summed E-state index contributed by atoms with van der Waals surface area (Å²) in [6.45, 7) is 6.33. The number of nitrogens with zero attached hydrogens (tertiary/aromatic N) is 2. The van der Waals surface area contributed by atoms with E-state index in [1.54, 1.807) is 30.3 Å². The van der Waals surface area contributed by atoms with Gasteiger partial charge < -0.3 is 4.90 Å². The molecule has 0 radical (unpaired) electrons. The van der Waals surface area contributed by atoms with E-state index < -0.39 is 0 Å². The van der Waals surface area contributed by atoms with Gasteiger partial charge in [0.1, 0.15) is 5.70 Å². The molecule has 2 aromatic carbocycles. The first-order chi connectivity index (χ1) is 12.6. The molecule has 0 saturated heterocycles. The Labute approximate surface area is 158 Å². The van der Waals surface area contributed by atoms with Gasteiger partial charge in [0.15, 0.2) is 0 Å². The molecule has 0 fully saturated rings. The van der Waals surface area contributed by atoms with Gasteiger partial charge in [0.2, 0.25) is 0 Å². The Bertz CT molecular complexity index is 873. The summed E-state index contributed by atoms with van der Waals surface area (Å²) in [4.78, 5) is 29.1. The zero-order chi connectivity index (χ0) is 18.7. The molecule has 3 rings (SSSR count). The zero-order valence-electron chi connectivity index (χ0n) is 14.5. The van der Waals surface area contributed by atoms with Crippen molar-refractivity contribution in [2.45, 2.75) is 6.92 Å². The summed E-state index contributed by atoms with van der Waals surface area (Å²) in [6.07, 6.45) is 1.55. The number of carbonyl (C=O) groups excluding carboxylic acids is 2. The molecule has 0 saturated carbocycles. The third-order valence-electron chi connectivity index (χ3n) is 4.24. The van der Waals surface area contributed by atoms with Crippen molar-refractivity contribution in [3.05, 3.63) is 83.5 Å². The lowest BCUT2D eigenvalue weighted by Crippen LogP contribution is -2.35. The minimum absolute atomic E-state index is 0.171. The third-order valence-corrected chi connectivity index (χ3v) is 4.49. The molecule has 2 aromatic rings. The van der Waals surface area contributed by atoms with Gasteiger partial charge in [-0.15, -0.1) is 6.58 Å². The van der Waals surface area contributed by atoms with E-state index in [1.807, 2.05) is 42.2 Å². The fraction of sp³-hybridized carbons (Fsp3) is 0.143. The first-order valence-electron chi connectivity index (χ1n) is 8.38. The number of hydrogen-bond acceptors (Lipinski definition) is 3. The van der Waals surface area contributed by atoms with Crippen molar-refractivity contribution in [2.75, 3.05) is 18.0 Å². The highest BCUT2D eigenvalue weighted by molar-refractivity contribution is 6.37. The molecule has 0 atom stereocenters. The molecule has 0 spiro atoms. The van der Waals surface area contributed by atoms with Crippen LogP contribution in [0.2, 0.25) is 5.02 Å². The van der Waals surface area contributed by atoms with Crippen LogP contribution in [0.1, 0.15) is 12.5 Å². The van der Waals surface area contributed by atoms with Crippen LogP contribution < -0.4 is 4.90 Å². The smallest absolute Gasteiger partial charge is 0.278 e. The molecule has 0 aliphatic carbocycles. The van der Waals surface area contributed by atoms with Crippen LogP contribution in [-0.4, -0.2) is 29.8 Å². The van der Waals surface area contributed by atoms with Gasteiger partial charge in [-0.2, -0.15) is 0 Å². The lowest BCUT2D eigenvalue weighted by Gasteiger charge is -2.24. The average molecular weight is 367 g/mol. The number of amides is 2. The summed E-state index contributed by atoms with van der Waals surface area (Å²) in [5.74, 6) is -0.632. The van der Waals surface area contributed by atoms with Crippen LogP contribution in [0, 0.1) is 0 Å². The van der Waals surface area contributed by atoms with Gasteiger partial charge in [0.05, 0.1) is 5.57 Å². The quantitative estimate of drug-likeness (QED) is 0.570. The number of carbonyl (C=O) groups is 2. The lowest BCUT2D eigenvalue weighted by atomic mass is 10.0. The van der Waals surface area contributed by atoms with Crippen LogP contribution in [0.3, 0.4) is 0 Å². The summed E-state index contributed by atoms with van der Waals surface area (Å²) in [7, 11) is 0. The predicted molar refractivity (Wildman–Crippen MR) is 105 cm³/mol. The number of imide groups is 1. The molecule has 1 heterocycles. The van der Waals surface area contributed by atoms with Crippen LogP contribution in [0.5, 0.6) is 0 Å². The zero-order valence-corrected chi connectivity index (χ0v) is 15.2. The summed E-state index contributed by atoms with van der Waals surface area (Å²) < 4.78 is 0. The van der Waals surface area contributed by atoms with E-state index in [0.29, 0.717) is 28.4 Å². The molecular weight excluding hydrogens is 348 g/mol. The van der Waals surface area contributed by atoms with Crippen LogP contribution in [0.4, 0.5) is 5.69 Å². The Morgan fingerprint density at radius 3 is 2.27 bits per heavy atom. The van der Waals surface area contributed by atoms with Gasteiger partial charge in [-0.05, 0) is 36.8 Å². The van der Waals surface area contributed by atoms with Gasteiger partial charge in [0, 0.05) is 23.8 Å². The van der Waals surface area contributed by atoms with Crippen LogP contribution in [0.15, 0.2) is 72.9 Å². The van der Waals surface area contributed by atoms with Gasteiger partial charge in [-0.1, -0.05) is 48.0 Å². The molecule has 0 bridgehead atoms. The van der Waals surface area contributed by atoms with Crippen molar-refractivity contribution in [2.24, 2.45) is 0 Å². The highest BCUT2D eigenvalue weighted by Gasteiger charge is 2.41. The normalized spacial score (nSPS) is 14.2. The number of benzene rings is 2. The second kappa shape index (κ2) is 7.58. The Hall–Kier alpha value is -2.85. The Morgan fingerprint density at radius 1 is 1.04 bits per heavy atom. The van der Waals surface area contributed by atoms with E-state index in [-0.39, 0.29) is 18.4 Å². The highest BCUT2D eigenvalue weighted by atomic mass is 35.5. The van der Waals surface area contributed by atoms with Gasteiger partial charge in [0.25, 0.3) is 11.8 Å². The molecule has 132 valence electrons. The van der Waals surface area contributed by atoms with Crippen molar-refractivity contribution in [1.82, 2.24) is 4.90 Å². The molecule has 4 nitrogen and oxygen atoms in total. The topological polar surface area (TPSA) is 40.6 Å². The number of hydrogen-bond donors (Lipinski definition) is 0. The maximum atomic E-state index is 13.1. The minimum atomic E-state index is -0.318. The van der Waals surface area contributed by atoms with Crippen molar-refractivity contribution in [3.8, 4) is 0 Å². The van der Waals surface area contributed by atoms with E-state index in [9.17, 15) is 9.59 Å². The molecule has 0 unspecified atom stereocenters. The van der Waals surface area contributed by atoms with E-state index in [4.69, 9.17) is 11.6 Å². The van der Waals surface area contributed by atoms with E-state index >= 15 is 0 Å². The maximum Gasteiger partial charge on any atom is 0.278 e. The van der Waals surface area contributed by atoms with E-state index in [2.05, 4.69) is 6.58 Å². The third kappa shape index (κ3) is 3.16. The Kier molecular flexibility index (Phi) is 5.24. The van der Waals surface area contributed by atoms with Crippen LogP contribution in [-0.2, 0) is 9.59 Å². The summed E-state index contributed by atoms with van der Waals surface area (Å²) in [5.41, 5.74) is 2.30. The fourth-order valence-electron chi connectivity index (χ4n) is 3.06. The molecule has 1 aliphatic heterocycles. The second-order valence-corrected chi connectivity index (χ2v) is 6.26. The van der Waals surface area contributed by atoms with Crippen molar-refractivity contribution < 1.29 is 9.59 Å². The summed E-state index contributed by atoms with van der Waals surface area (Å²) >= 11 is 5.98. The van der Waals surface area contributed by atoms with Gasteiger partial charge in [-0.25, -0.2) is 0 Å². The van der Waals surface area contributed by atoms with E-state index in [0.717, 1.165) is 5.69 Å². The SMILES string of the molecule is C=CCN1C(=O)C(c2ccc(Cl)cc2)=C(N(CC)c2ccccc2)C1=O. The van der Waals surface area contributed by atoms with Gasteiger partial charge in [-0.3, -0.25) is 14.5 Å². The average Bonchev–Trinajstić information content (AvgIpc) is 2.89. The molecule has 0 N–H and O–H groups in total. The Morgan fingerprint density at radius 2 is 1.69 bits per heavy atom. The molecule has 5 heteroatoms. The first kappa shape index (κ1) is 18.0. The molecule has 1 aliphatic rings. The monoisotopic (exact) mass is 366 g/mol. The summed E-state index contributed by atoms with van der Waals surface area (Å²) in [6, 6.07) is 16.5. The standard InChI is InChI=1S/C21H19ClN2O2/c1-3-14-24-20(25)18(15-10-12-16(22)13-11-15)19(21(24)26)23(4-2)17-8-6-5-7-9-17/h3,5-13H,1,4,14H2,2H3. The van der Waals surface area contributed by atoms with Crippen molar-refractivity contribution in [1.29, 1.82) is 0 Å². The van der Waals surface area contributed by atoms with Gasteiger partial charge >= 0.3 is 0 Å². The number of para-hydroxylation sites is 1. The largest absolute Gasteiger partial charge is 0.337 e. The number of anilines is 1.